The number of fused-ring (bicyclic) bond motifs is 2. The summed E-state index contributed by atoms with van der Waals surface area (Å²) in [5.41, 5.74) is 2.01. The molecule has 3 nitrogen and oxygen atoms in total. The fourth-order valence-corrected chi connectivity index (χ4v) is 2.33. The van der Waals surface area contributed by atoms with E-state index in [4.69, 9.17) is 4.74 Å². The molecule has 0 unspecified atom stereocenters. The molecule has 1 aliphatic heterocycles. The number of carbonyl (C=O) groups is 1. The number of nitrogens with one attached hydrogen (secondary N) is 1. The van der Waals surface area contributed by atoms with Crippen LogP contribution in [0, 0.1) is 0 Å². The molecule has 0 radical (unpaired) electrons. The first kappa shape index (κ1) is 11.8. The summed E-state index contributed by atoms with van der Waals surface area (Å²) in [7, 11) is 0. The van der Waals surface area contributed by atoms with Gasteiger partial charge in [-0.3, -0.25) is 4.79 Å². The second kappa shape index (κ2) is 4.76. The third-order valence-electron chi connectivity index (χ3n) is 3.31. The van der Waals surface area contributed by atoms with Crippen molar-refractivity contribution in [2.45, 2.75) is 19.4 Å². The molecule has 0 atom stereocenters. The topological polar surface area (TPSA) is 38.3 Å². The van der Waals surface area contributed by atoms with Crippen molar-refractivity contribution >= 4 is 5.91 Å². The van der Waals surface area contributed by atoms with Gasteiger partial charge in [-0.15, -0.1) is 0 Å². The molecule has 0 spiro atoms. The Bertz CT molecular complexity index is 576. The molecule has 2 aromatic rings. The Balaban J connectivity index is 2.08. The first-order valence-corrected chi connectivity index (χ1v) is 6.44. The second-order valence-electron chi connectivity index (χ2n) is 4.53. The first-order valence-electron chi connectivity index (χ1n) is 6.44. The van der Waals surface area contributed by atoms with Crippen LogP contribution in [0.3, 0.4) is 0 Å². The van der Waals surface area contributed by atoms with Gasteiger partial charge >= 0.3 is 0 Å². The molecule has 0 fully saturated rings. The minimum absolute atomic E-state index is 0.0384. The van der Waals surface area contributed by atoms with Crippen LogP contribution < -0.4 is 10.1 Å². The van der Waals surface area contributed by atoms with Gasteiger partial charge in [-0.1, -0.05) is 43.3 Å². The van der Waals surface area contributed by atoms with Crippen molar-refractivity contribution in [1.29, 1.82) is 0 Å². The molecule has 3 rings (SSSR count). The molecule has 2 aromatic carbocycles. The van der Waals surface area contributed by atoms with E-state index in [2.05, 4.69) is 5.32 Å². The highest BCUT2D eigenvalue weighted by molar-refractivity contribution is 5.77. The van der Waals surface area contributed by atoms with Crippen LogP contribution in [0.5, 0.6) is 11.5 Å². The summed E-state index contributed by atoms with van der Waals surface area (Å²) in [4.78, 5) is 11.7. The lowest BCUT2D eigenvalue weighted by atomic mass is 9.94. The highest BCUT2D eigenvalue weighted by Crippen LogP contribution is 2.42. The van der Waals surface area contributed by atoms with Gasteiger partial charge < -0.3 is 10.1 Å². The Labute approximate surface area is 112 Å². The van der Waals surface area contributed by atoms with Crippen LogP contribution in [0.1, 0.15) is 30.5 Å². The van der Waals surface area contributed by atoms with Crippen molar-refractivity contribution in [2.75, 3.05) is 0 Å². The van der Waals surface area contributed by atoms with Crippen molar-refractivity contribution in [3.63, 3.8) is 0 Å². The van der Waals surface area contributed by atoms with Crippen molar-refractivity contribution in [3.8, 4) is 11.5 Å². The Hall–Kier alpha value is -2.29. The van der Waals surface area contributed by atoms with Gasteiger partial charge in [0.15, 0.2) is 0 Å². The van der Waals surface area contributed by atoms with Crippen LogP contribution in [0.4, 0.5) is 0 Å². The number of rotatable bonds is 2. The van der Waals surface area contributed by atoms with Crippen molar-refractivity contribution in [2.24, 2.45) is 0 Å². The van der Waals surface area contributed by atoms with Crippen molar-refractivity contribution < 1.29 is 9.53 Å². The zero-order valence-electron chi connectivity index (χ0n) is 10.7. The molecule has 1 aliphatic rings. The lowest BCUT2D eigenvalue weighted by Crippen LogP contribution is -2.30. The Morgan fingerprint density at radius 3 is 2.11 bits per heavy atom. The molecule has 0 saturated carbocycles. The van der Waals surface area contributed by atoms with Crippen LogP contribution in [-0.2, 0) is 4.79 Å². The average molecular weight is 253 g/mol. The third-order valence-corrected chi connectivity index (χ3v) is 3.31. The third kappa shape index (κ3) is 2.08. The van der Waals surface area contributed by atoms with Crippen LogP contribution in [0.25, 0.3) is 0 Å². The van der Waals surface area contributed by atoms with Gasteiger partial charge in [0.1, 0.15) is 11.5 Å². The van der Waals surface area contributed by atoms with Gasteiger partial charge in [-0.25, -0.2) is 0 Å². The van der Waals surface area contributed by atoms with Crippen LogP contribution in [0.2, 0.25) is 0 Å². The quantitative estimate of drug-likeness (QED) is 0.890. The highest BCUT2D eigenvalue weighted by atomic mass is 16.5. The summed E-state index contributed by atoms with van der Waals surface area (Å²) in [6.07, 6.45) is 0.474. The lowest BCUT2D eigenvalue weighted by molar-refractivity contribution is -0.121. The summed E-state index contributed by atoms with van der Waals surface area (Å²) < 4.78 is 5.87. The summed E-state index contributed by atoms with van der Waals surface area (Å²) in [5, 5.41) is 3.06. The monoisotopic (exact) mass is 253 g/mol. The van der Waals surface area contributed by atoms with E-state index in [-0.39, 0.29) is 11.9 Å². The van der Waals surface area contributed by atoms with Crippen LogP contribution in [-0.4, -0.2) is 5.91 Å². The van der Waals surface area contributed by atoms with E-state index in [0.29, 0.717) is 6.42 Å². The summed E-state index contributed by atoms with van der Waals surface area (Å²) in [6.45, 7) is 1.85. The summed E-state index contributed by atoms with van der Waals surface area (Å²) >= 11 is 0. The molecule has 0 aliphatic carbocycles. The van der Waals surface area contributed by atoms with E-state index in [0.717, 1.165) is 22.6 Å². The number of amides is 1. The normalized spacial score (nSPS) is 13.1. The van der Waals surface area contributed by atoms with Crippen LogP contribution >= 0.6 is 0 Å². The largest absolute Gasteiger partial charge is 0.457 e. The maximum absolute atomic E-state index is 11.7. The van der Waals surface area contributed by atoms with Crippen LogP contribution in [0.15, 0.2) is 48.5 Å². The zero-order valence-corrected chi connectivity index (χ0v) is 10.7. The average Bonchev–Trinajstić information content (AvgIpc) is 2.46. The van der Waals surface area contributed by atoms with Gasteiger partial charge in [-0.2, -0.15) is 0 Å². The summed E-state index contributed by atoms with van der Waals surface area (Å²) in [6, 6.07) is 15.5. The number of carbonyl (C=O) groups excluding carboxylic acids is 1. The molecule has 0 aromatic heterocycles. The Morgan fingerprint density at radius 2 is 1.58 bits per heavy atom. The molecule has 0 saturated heterocycles. The molecule has 1 amide bonds. The zero-order chi connectivity index (χ0) is 13.2. The van der Waals surface area contributed by atoms with E-state index in [1.54, 1.807) is 0 Å². The van der Waals surface area contributed by atoms with Gasteiger partial charge in [0, 0.05) is 17.5 Å². The Kier molecular flexibility index (Phi) is 2.95. The minimum Gasteiger partial charge on any atom is -0.457 e. The maximum Gasteiger partial charge on any atom is 0.220 e. The van der Waals surface area contributed by atoms with E-state index in [1.165, 1.54) is 0 Å². The number of benzene rings is 2. The van der Waals surface area contributed by atoms with E-state index in [9.17, 15) is 4.79 Å². The van der Waals surface area contributed by atoms with E-state index in [1.807, 2.05) is 55.5 Å². The van der Waals surface area contributed by atoms with E-state index >= 15 is 0 Å². The molecule has 1 N–H and O–H groups in total. The predicted octanol–water partition coefficient (Wildman–Crippen LogP) is 3.41. The highest BCUT2D eigenvalue weighted by Gasteiger charge is 2.27. The lowest BCUT2D eigenvalue weighted by Gasteiger charge is -2.28. The fourth-order valence-electron chi connectivity index (χ4n) is 2.33. The second-order valence-corrected chi connectivity index (χ2v) is 4.53. The number of hydrogen-bond acceptors (Lipinski definition) is 2. The minimum atomic E-state index is -0.131. The smallest absolute Gasteiger partial charge is 0.220 e. The fraction of sp³-hybridized carbons (Fsp3) is 0.188. The van der Waals surface area contributed by atoms with Crippen molar-refractivity contribution in [1.82, 2.24) is 5.32 Å². The molecule has 96 valence electrons. The number of hydrogen-bond donors (Lipinski definition) is 1. The number of ether oxygens (including phenoxy) is 1. The van der Waals surface area contributed by atoms with Gasteiger partial charge in [0.25, 0.3) is 0 Å². The SMILES string of the molecule is CCC(=O)NC1c2ccccc2Oc2ccccc21. The molecule has 0 bridgehead atoms. The maximum atomic E-state index is 11.7. The molecular weight excluding hydrogens is 238 g/mol. The van der Waals surface area contributed by atoms with Gasteiger partial charge in [0.05, 0.1) is 6.04 Å². The molecular formula is C16H15NO2. The molecule has 19 heavy (non-hydrogen) atoms. The summed E-state index contributed by atoms with van der Waals surface area (Å²) in [5.74, 6) is 1.65. The van der Waals surface area contributed by atoms with Crippen molar-refractivity contribution in [3.05, 3.63) is 59.7 Å². The van der Waals surface area contributed by atoms with Gasteiger partial charge in [-0.05, 0) is 12.1 Å². The first-order chi connectivity index (χ1) is 9.29. The number of para-hydroxylation sites is 2. The van der Waals surface area contributed by atoms with Gasteiger partial charge in [0.2, 0.25) is 5.91 Å². The van der Waals surface area contributed by atoms with E-state index < -0.39 is 0 Å². The Morgan fingerprint density at radius 1 is 1.05 bits per heavy atom. The molecule has 1 heterocycles. The predicted molar refractivity (Wildman–Crippen MR) is 73.2 cm³/mol. The molecule has 3 heteroatoms. The standard InChI is InChI=1S/C16H15NO2/c1-2-15(18)17-16-11-7-3-5-9-13(11)19-14-10-6-4-8-12(14)16/h3-10,16H,2H2,1H3,(H,17,18).